The third-order valence-electron chi connectivity index (χ3n) is 2.31. The van der Waals surface area contributed by atoms with Crippen molar-refractivity contribution in [3.05, 3.63) is 11.1 Å². The fourth-order valence-corrected chi connectivity index (χ4v) is 3.03. The molecule has 9 heteroatoms. The molecule has 1 atom stereocenters. The Morgan fingerprint density at radius 2 is 2.26 bits per heavy atom. The van der Waals surface area contributed by atoms with Crippen molar-refractivity contribution in [2.75, 3.05) is 17.6 Å². The predicted octanol–water partition coefficient (Wildman–Crippen LogP) is 2.20. The largest absolute Gasteiger partial charge is 0.385 e. The first-order valence-electron chi connectivity index (χ1n) is 5.36. The van der Waals surface area contributed by atoms with Crippen molar-refractivity contribution in [3.63, 3.8) is 0 Å². The van der Waals surface area contributed by atoms with E-state index in [1.54, 1.807) is 0 Å². The molecule has 0 aliphatic carbocycles. The lowest BCUT2D eigenvalue weighted by Gasteiger charge is -2.10. The van der Waals surface area contributed by atoms with Gasteiger partial charge in [0.15, 0.2) is 0 Å². The molecule has 0 saturated carbocycles. The van der Waals surface area contributed by atoms with Crippen molar-refractivity contribution in [1.82, 2.24) is 9.36 Å². The molecule has 2 aromatic rings. The number of hydrogen-bond donors (Lipinski definition) is 3. The van der Waals surface area contributed by atoms with Crippen LogP contribution in [0.25, 0.3) is 10.6 Å². The molecule has 0 amide bonds. The molecule has 0 fully saturated rings. The van der Waals surface area contributed by atoms with Crippen molar-refractivity contribution in [2.24, 2.45) is 0 Å². The smallest absolute Gasteiger partial charge is 0.265 e. The summed E-state index contributed by atoms with van der Waals surface area (Å²) in [5.74, 6) is 0.299. The Labute approximate surface area is 116 Å². The van der Waals surface area contributed by atoms with Crippen molar-refractivity contribution in [2.45, 2.75) is 19.5 Å². The van der Waals surface area contributed by atoms with Gasteiger partial charge in [-0.2, -0.15) is 4.37 Å². The molecule has 104 valence electrons. The van der Waals surface area contributed by atoms with E-state index in [1.807, 2.05) is 12.3 Å². The SMILES string of the molecule is Cc1csc(-c2c(N)nsc2NCC(O)C(F)F)n1. The molecule has 0 aromatic carbocycles. The van der Waals surface area contributed by atoms with Crippen LogP contribution in [0.15, 0.2) is 5.38 Å². The van der Waals surface area contributed by atoms with Gasteiger partial charge in [-0.15, -0.1) is 11.3 Å². The molecule has 0 radical (unpaired) electrons. The van der Waals surface area contributed by atoms with Crippen LogP contribution in [0.2, 0.25) is 0 Å². The summed E-state index contributed by atoms with van der Waals surface area (Å²) in [7, 11) is 0. The van der Waals surface area contributed by atoms with Crippen molar-refractivity contribution in [1.29, 1.82) is 0 Å². The van der Waals surface area contributed by atoms with Gasteiger partial charge in [0.1, 0.15) is 21.9 Å². The third-order valence-corrected chi connectivity index (χ3v) is 4.11. The van der Waals surface area contributed by atoms with Crippen molar-refractivity contribution in [3.8, 4) is 10.6 Å². The zero-order valence-electron chi connectivity index (χ0n) is 9.93. The molecule has 4 N–H and O–H groups in total. The van der Waals surface area contributed by atoms with Gasteiger partial charge in [-0.05, 0) is 18.5 Å². The molecule has 0 bridgehead atoms. The van der Waals surface area contributed by atoms with Crippen LogP contribution in [-0.4, -0.2) is 33.5 Å². The summed E-state index contributed by atoms with van der Waals surface area (Å²) in [5, 5.41) is 14.9. The number of alkyl halides is 2. The van der Waals surface area contributed by atoms with E-state index < -0.39 is 12.5 Å². The van der Waals surface area contributed by atoms with E-state index in [0.29, 0.717) is 21.4 Å². The van der Waals surface area contributed by atoms with Gasteiger partial charge in [0.25, 0.3) is 6.43 Å². The molecule has 5 nitrogen and oxygen atoms in total. The number of aryl methyl sites for hydroxylation is 1. The average Bonchev–Trinajstić information content (AvgIpc) is 2.92. The molecule has 0 spiro atoms. The highest BCUT2D eigenvalue weighted by Gasteiger charge is 2.20. The second kappa shape index (κ2) is 5.76. The number of hydrogen-bond acceptors (Lipinski definition) is 7. The lowest BCUT2D eigenvalue weighted by Crippen LogP contribution is -2.26. The van der Waals surface area contributed by atoms with Crippen LogP contribution < -0.4 is 11.1 Å². The number of nitrogens with zero attached hydrogens (tertiary/aromatic N) is 2. The zero-order chi connectivity index (χ0) is 14.0. The fraction of sp³-hybridized carbons (Fsp3) is 0.400. The second-order valence-electron chi connectivity index (χ2n) is 3.85. The van der Waals surface area contributed by atoms with Crippen molar-refractivity contribution < 1.29 is 13.9 Å². The Bertz CT molecular complexity index is 557. The van der Waals surface area contributed by atoms with Crippen LogP contribution in [-0.2, 0) is 0 Å². The van der Waals surface area contributed by atoms with Crippen LogP contribution in [0.5, 0.6) is 0 Å². The summed E-state index contributed by atoms with van der Waals surface area (Å²) in [6, 6.07) is 0. The standard InChI is InChI=1S/C10H12F2N4OS2/c1-4-3-18-10(15-4)6-8(13)16-19-9(6)14-2-5(17)7(11)12/h3,5,7,14,17H,2H2,1H3,(H2,13,16). The normalized spacial score (nSPS) is 12.9. The first-order valence-corrected chi connectivity index (χ1v) is 7.02. The lowest BCUT2D eigenvalue weighted by atomic mass is 10.3. The highest BCUT2D eigenvalue weighted by molar-refractivity contribution is 7.15. The Balaban J connectivity index is 2.18. The second-order valence-corrected chi connectivity index (χ2v) is 5.48. The summed E-state index contributed by atoms with van der Waals surface area (Å²) >= 11 is 2.46. The minimum Gasteiger partial charge on any atom is -0.385 e. The third kappa shape index (κ3) is 3.17. The van der Waals surface area contributed by atoms with E-state index in [9.17, 15) is 8.78 Å². The number of aromatic nitrogens is 2. The Hall–Kier alpha value is -1.32. The van der Waals surface area contributed by atoms with Gasteiger partial charge in [0.2, 0.25) is 0 Å². The molecule has 19 heavy (non-hydrogen) atoms. The number of nitrogens with one attached hydrogen (secondary N) is 1. The van der Waals surface area contributed by atoms with Gasteiger partial charge in [-0.3, -0.25) is 0 Å². The minimum atomic E-state index is -2.79. The van der Waals surface area contributed by atoms with E-state index in [4.69, 9.17) is 10.8 Å². The maximum Gasteiger partial charge on any atom is 0.265 e. The molecular formula is C10H12F2N4OS2. The van der Waals surface area contributed by atoms with Crippen LogP contribution in [0.4, 0.5) is 19.6 Å². The maximum absolute atomic E-state index is 12.2. The fourth-order valence-electron chi connectivity index (χ4n) is 1.38. The van der Waals surface area contributed by atoms with Gasteiger partial charge in [-0.1, -0.05) is 0 Å². The van der Waals surface area contributed by atoms with Crippen molar-refractivity contribution >= 4 is 33.7 Å². The first kappa shape index (κ1) is 14.1. The van der Waals surface area contributed by atoms with Crippen LogP contribution in [0.3, 0.4) is 0 Å². The van der Waals surface area contributed by atoms with Crippen LogP contribution >= 0.6 is 22.9 Å². The van der Waals surface area contributed by atoms with E-state index in [2.05, 4.69) is 14.7 Å². The molecule has 2 rings (SSSR count). The molecule has 0 saturated heterocycles. The Morgan fingerprint density at radius 1 is 1.53 bits per heavy atom. The number of anilines is 2. The Morgan fingerprint density at radius 3 is 2.84 bits per heavy atom. The summed E-state index contributed by atoms with van der Waals surface area (Å²) in [5.41, 5.74) is 7.22. The number of rotatable bonds is 5. The predicted molar refractivity (Wildman–Crippen MR) is 72.9 cm³/mol. The maximum atomic E-state index is 12.2. The van der Waals surface area contributed by atoms with E-state index in [1.165, 1.54) is 11.3 Å². The number of nitrogens with two attached hydrogens (primary N) is 1. The van der Waals surface area contributed by atoms with Gasteiger partial charge in [-0.25, -0.2) is 13.8 Å². The van der Waals surface area contributed by atoms with Gasteiger partial charge in [0.05, 0.1) is 5.56 Å². The average molecular weight is 306 g/mol. The van der Waals surface area contributed by atoms with E-state index in [0.717, 1.165) is 17.2 Å². The van der Waals surface area contributed by atoms with Gasteiger partial charge >= 0.3 is 0 Å². The molecular weight excluding hydrogens is 294 g/mol. The zero-order valence-corrected chi connectivity index (χ0v) is 11.6. The number of aliphatic hydroxyl groups is 1. The quantitative estimate of drug-likeness (QED) is 0.788. The number of nitrogen functional groups attached to an aromatic ring is 1. The number of thiazole rings is 1. The minimum absolute atomic E-state index is 0.267. The summed E-state index contributed by atoms with van der Waals surface area (Å²) in [6.07, 6.45) is -4.52. The molecule has 1 unspecified atom stereocenters. The topological polar surface area (TPSA) is 84.1 Å². The first-order chi connectivity index (χ1) is 8.99. The molecule has 2 aromatic heterocycles. The summed E-state index contributed by atoms with van der Waals surface area (Å²) in [4.78, 5) is 4.29. The highest BCUT2D eigenvalue weighted by atomic mass is 32.1. The molecule has 0 aliphatic heterocycles. The van der Waals surface area contributed by atoms with Gasteiger partial charge < -0.3 is 16.2 Å². The van der Waals surface area contributed by atoms with Crippen LogP contribution in [0, 0.1) is 6.92 Å². The monoisotopic (exact) mass is 306 g/mol. The number of aliphatic hydroxyl groups excluding tert-OH is 1. The molecule has 0 aliphatic rings. The lowest BCUT2D eigenvalue weighted by molar-refractivity contribution is 0.00388. The van der Waals surface area contributed by atoms with E-state index in [-0.39, 0.29) is 6.54 Å². The molecule has 2 heterocycles. The Kier molecular flexibility index (Phi) is 4.27. The number of halogens is 2. The summed E-state index contributed by atoms with van der Waals surface area (Å²) in [6.45, 7) is 1.58. The van der Waals surface area contributed by atoms with E-state index >= 15 is 0 Å². The van der Waals surface area contributed by atoms with Crippen LogP contribution in [0.1, 0.15) is 5.69 Å². The summed E-state index contributed by atoms with van der Waals surface area (Å²) < 4.78 is 28.4. The van der Waals surface area contributed by atoms with Gasteiger partial charge in [0, 0.05) is 17.6 Å². The highest BCUT2D eigenvalue weighted by Crippen LogP contribution is 2.38.